The lowest BCUT2D eigenvalue weighted by Gasteiger charge is -2.04. The summed E-state index contributed by atoms with van der Waals surface area (Å²) in [5.41, 5.74) is 1.78. The Kier molecular flexibility index (Phi) is 4.34. The number of hydrogen-bond donors (Lipinski definition) is 0. The van der Waals surface area contributed by atoms with Crippen LogP contribution >= 0.6 is 0 Å². The Morgan fingerprint density at radius 3 is 2.50 bits per heavy atom. The Labute approximate surface area is 138 Å². The summed E-state index contributed by atoms with van der Waals surface area (Å²) >= 11 is 0. The number of benzene rings is 2. The fraction of sp³-hybridized carbons (Fsp3) is 0. The first kappa shape index (κ1) is 15.4. The molecule has 0 aliphatic carbocycles. The van der Waals surface area contributed by atoms with Gasteiger partial charge in [-0.1, -0.05) is 24.3 Å². The van der Waals surface area contributed by atoms with E-state index in [0.29, 0.717) is 11.1 Å². The quantitative estimate of drug-likeness (QED) is 0.305. The van der Waals surface area contributed by atoms with Crippen molar-refractivity contribution in [3.63, 3.8) is 0 Å². The van der Waals surface area contributed by atoms with Crippen molar-refractivity contribution in [2.75, 3.05) is 0 Å². The maximum atomic E-state index is 12.4. The molecule has 0 amide bonds. The van der Waals surface area contributed by atoms with Crippen molar-refractivity contribution < 1.29 is 9.72 Å². The van der Waals surface area contributed by atoms with Gasteiger partial charge >= 0.3 is 0 Å². The van der Waals surface area contributed by atoms with E-state index < -0.39 is 4.92 Å². The Bertz CT molecular complexity index is 912. The molecule has 0 N–H and O–H groups in total. The highest BCUT2D eigenvalue weighted by Crippen LogP contribution is 2.19. The van der Waals surface area contributed by atoms with Crippen LogP contribution in [0.2, 0.25) is 0 Å². The molecule has 0 fully saturated rings. The van der Waals surface area contributed by atoms with E-state index in [1.807, 2.05) is 35.2 Å². The summed E-state index contributed by atoms with van der Waals surface area (Å²) in [6.07, 6.45) is 6.62. The lowest BCUT2D eigenvalue weighted by atomic mass is 10.1. The topological polar surface area (TPSA) is 65.1 Å². The van der Waals surface area contributed by atoms with E-state index in [0.717, 1.165) is 5.69 Å². The number of carbonyl (C=O) groups is 1. The minimum atomic E-state index is -0.461. The monoisotopic (exact) mass is 318 g/mol. The number of nitrogens with zero attached hydrogens (tertiary/aromatic N) is 2. The lowest BCUT2D eigenvalue weighted by Crippen LogP contribution is -1.97. The molecule has 0 unspecified atom stereocenters. The molecule has 1 heterocycles. The molecule has 0 aliphatic rings. The van der Waals surface area contributed by atoms with Gasteiger partial charge in [-0.05, 0) is 42.5 Å². The van der Waals surface area contributed by atoms with Crippen molar-refractivity contribution in [2.45, 2.75) is 0 Å². The number of ketones is 1. The number of para-hydroxylation sites is 1. The summed E-state index contributed by atoms with van der Waals surface area (Å²) in [7, 11) is 0. The third kappa shape index (κ3) is 3.30. The van der Waals surface area contributed by atoms with Crippen LogP contribution in [0.5, 0.6) is 0 Å². The van der Waals surface area contributed by atoms with Crippen molar-refractivity contribution in [1.82, 2.24) is 4.57 Å². The molecule has 0 bridgehead atoms. The Morgan fingerprint density at radius 2 is 1.75 bits per heavy atom. The SMILES string of the molecule is O=C(/C=C/c1ccccc1[N+](=O)[O-])c1cccc(-n2cccc2)c1. The van der Waals surface area contributed by atoms with Crippen LogP contribution in [0.25, 0.3) is 11.8 Å². The normalized spacial score (nSPS) is 10.8. The summed E-state index contributed by atoms with van der Waals surface area (Å²) in [4.78, 5) is 22.9. The maximum absolute atomic E-state index is 12.4. The average molecular weight is 318 g/mol. The van der Waals surface area contributed by atoms with Crippen LogP contribution in [0, 0.1) is 10.1 Å². The number of allylic oxidation sites excluding steroid dienone is 1. The summed E-state index contributed by atoms with van der Waals surface area (Å²) < 4.78 is 1.91. The van der Waals surface area contributed by atoms with Gasteiger partial charge in [0.2, 0.25) is 0 Å². The number of rotatable bonds is 5. The van der Waals surface area contributed by atoms with Gasteiger partial charge in [-0.25, -0.2) is 0 Å². The van der Waals surface area contributed by atoms with E-state index in [2.05, 4.69) is 0 Å². The molecule has 24 heavy (non-hydrogen) atoms. The summed E-state index contributed by atoms with van der Waals surface area (Å²) in [5, 5.41) is 11.0. The number of nitro benzene ring substituents is 1. The standard InChI is InChI=1S/C19H14N2O3/c22-19(11-10-15-6-1-2-9-18(15)21(23)24)16-7-5-8-17(14-16)20-12-3-4-13-20/h1-14H/b11-10+. The molecule has 0 saturated carbocycles. The zero-order valence-corrected chi connectivity index (χ0v) is 12.7. The van der Waals surface area contributed by atoms with Crippen LogP contribution in [0.4, 0.5) is 5.69 Å². The van der Waals surface area contributed by atoms with E-state index >= 15 is 0 Å². The van der Waals surface area contributed by atoms with Crippen LogP contribution in [0.3, 0.4) is 0 Å². The molecule has 0 radical (unpaired) electrons. The molecule has 0 atom stereocenters. The predicted octanol–water partition coefficient (Wildman–Crippen LogP) is 4.28. The lowest BCUT2D eigenvalue weighted by molar-refractivity contribution is -0.385. The minimum Gasteiger partial charge on any atom is -0.324 e. The Morgan fingerprint density at radius 1 is 1.00 bits per heavy atom. The highest BCUT2D eigenvalue weighted by Gasteiger charge is 2.10. The van der Waals surface area contributed by atoms with Gasteiger partial charge in [0.05, 0.1) is 10.5 Å². The summed E-state index contributed by atoms with van der Waals surface area (Å²) in [5.74, 6) is -0.206. The number of aromatic nitrogens is 1. The van der Waals surface area contributed by atoms with Crippen molar-refractivity contribution >= 4 is 17.5 Å². The van der Waals surface area contributed by atoms with Crippen molar-refractivity contribution in [2.24, 2.45) is 0 Å². The molecule has 0 spiro atoms. The van der Waals surface area contributed by atoms with Crippen LogP contribution in [0.15, 0.2) is 79.1 Å². The molecule has 5 heteroatoms. The number of hydrogen-bond acceptors (Lipinski definition) is 3. The first-order valence-electron chi connectivity index (χ1n) is 7.34. The summed E-state index contributed by atoms with van der Waals surface area (Å²) in [6, 6.07) is 17.3. The fourth-order valence-corrected chi connectivity index (χ4v) is 2.38. The highest BCUT2D eigenvalue weighted by atomic mass is 16.6. The van der Waals surface area contributed by atoms with Crippen LogP contribution in [-0.2, 0) is 0 Å². The van der Waals surface area contributed by atoms with Gasteiger partial charge in [-0.3, -0.25) is 14.9 Å². The molecular formula is C19H14N2O3. The molecule has 2 aromatic carbocycles. The number of carbonyl (C=O) groups excluding carboxylic acids is 1. The van der Waals surface area contributed by atoms with E-state index in [1.54, 1.807) is 36.4 Å². The first-order chi connectivity index (χ1) is 11.6. The molecule has 3 aromatic rings. The Balaban J connectivity index is 1.86. The van der Waals surface area contributed by atoms with Gasteiger partial charge in [-0.15, -0.1) is 0 Å². The molecular weight excluding hydrogens is 304 g/mol. The second-order valence-corrected chi connectivity index (χ2v) is 5.15. The molecule has 5 nitrogen and oxygen atoms in total. The van der Waals surface area contributed by atoms with E-state index in [1.165, 1.54) is 18.2 Å². The maximum Gasteiger partial charge on any atom is 0.276 e. The molecule has 118 valence electrons. The second kappa shape index (κ2) is 6.75. The second-order valence-electron chi connectivity index (χ2n) is 5.15. The highest BCUT2D eigenvalue weighted by molar-refractivity contribution is 6.07. The van der Waals surface area contributed by atoms with E-state index in [4.69, 9.17) is 0 Å². The van der Waals surface area contributed by atoms with E-state index in [9.17, 15) is 14.9 Å². The Hall–Kier alpha value is -3.47. The smallest absolute Gasteiger partial charge is 0.276 e. The third-order valence-electron chi connectivity index (χ3n) is 3.58. The van der Waals surface area contributed by atoms with Gasteiger partial charge in [0.15, 0.2) is 5.78 Å². The summed E-state index contributed by atoms with van der Waals surface area (Å²) in [6.45, 7) is 0. The van der Waals surface area contributed by atoms with Crippen molar-refractivity contribution in [1.29, 1.82) is 0 Å². The molecule has 0 aliphatic heterocycles. The predicted molar refractivity (Wildman–Crippen MR) is 92.2 cm³/mol. The van der Waals surface area contributed by atoms with Gasteiger partial charge in [0.25, 0.3) is 5.69 Å². The van der Waals surface area contributed by atoms with Crippen molar-refractivity contribution in [3.8, 4) is 5.69 Å². The zero-order chi connectivity index (χ0) is 16.9. The molecule has 0 saturated heterocycles. The largest absolute Gasteiger partial charge is 0.324 e. The third-order valence-corrected chi connectivity index (χ3v) is 3.58. The molecule has 3 rings (SSSR count). The number of nitro groups is 1. The zero-order valence-electron chi connectivity index (χ0n) is 12.7. The van der Waals surface area contributed by atoms with Gasteiger partial charge in [-0.2, -0.15) is 0 Å². The van der Waals surface area contributed by atoms with Gasteiger partial charge < -0.3 is 4.57 Å². The minimum absolute atomic E-state index is 0.0253. The average Bonchev–Trinajstić information content (AvgIpc) is 3.14. The van der Waals surface area contributed by atoms with E-state index in [-0.39, 0.29) is 11.5 Å². The van der Waals surface area contributed by atoms with Crippen molar-refractivity contribution in [3.05, 3.63) is 100 Å². The van der Waals surface area contributed by atoms with Gasteiger partial charge in [0.1, 0.15) is 0 Å². The van der Waals surface area contributed by atoms with Crippen LogP contribution in [0.1, 0.15) is 15.9 Å². The first-order valence-corrected chi connectivity index (χ1v) is 7.34. The van der Waals surface area contributed by atoms with Gasteiger partial charge in [0, 0.05) is 29.7 Å². The fourth-order valence-electron chi connectivity index (χ4n) is 2.38. The molecule has 1 aromatic heterocycles. The van der Waals surface area contributed by atoms with Crippen LogP contribution < -0.4 is 0 Å². The van der Waals surface area contributed by atoms with Crippen LogP contribution in [-0.4, -0.2) is 15.3 Å².